The number of amides is 4. The van der Waals surface area contributed by atoms with E-state index in [1.54, 1.807) is 0 Å². The summed E-state index contributed by atoms with van der Waals surface area (Å²) in [6, 6.07) is -1.34. The van der Waals surface area contributed by atoms with E-state index < -0.39 is 12.1 Å². The van der Waals surface area contributed by atoms with Crippen molar-refractivity contribution in [1.29, 1.82) is 0 Å². The van der Waals surface area contributed by atoms with Crippen LogP contribution in [0.25, 0.3) is 0 Å². The Balaban J connectivity index is 3.84. The topological polar surface area (TPSA) is 171 Å². The second-order valence-corrected chi connectivity index (χ2v) is 4.10. The van der Waals surface area contributed by atoms with Crippen molar-refractivity contribution in [2.45, 2.75) is 19.3 Å². The highest BCUT2D eigenvalue weighted by Crippen LogP contribution is 2.10. The predicted octanol–water partition coefficient (Wildman–Crippen LogP) is -1.76. The lowest BCUT2D eigenvalue weighted by molar-refractivity contribution is 0.199. The highest BCUT2D eigenvalue weighted by atomic mass is 16.2. The van der Waals surface area contributed by atoms with Crippen LogP contribution in [0.15, 0.2) is 0 Å². The van der Waals surface area contributed by atoms with E-state index in [0.717, 1.165) is 16.4 Å². The van der Waals surface area contributed by atoms with Crippen molar-refractivity contribution in [2.24, 2.45) is 34.8 Å². The molecule has 0 fully saturated rings. The number of urea groups is 2. The fraction of sp³-hybridized carbons (Fsp3) is 0.778. The van der Waals surface area contributed by atoms with Crippen LogP contribution in [0.2, 0.25) is 0 Å². The van der Waals surface area contributed by atoms with Crippen LogP contribution in [0, 0.1) is 5.92 Å². The van der Waals surface area contributed by atoms with E-state index in [1.807, 2.05) is 0 Å². The smallest absolute Gasteiger partial charge is 0.328 e. The van der Waals surface area contributed by atoms with E-state index >= 15 is 0 Å². The lowest BCUT2D eigenvalue weighted by Crippen LogP contribution is -2.43. The first-order chi connectivity index (χ1) is 8.38. The molecule has 0 aliphatic carbocycles. The summed E-state index contributed by atoms with van der Waals surface area (Å²) in [5, 5.41) is 1.90. The molecule has 106 valence electrons. The second kappa shape index (κ2) is 8.50. The zero-order valence-electron chi connectivity index (χ0n) is 10.4. The number of carbonyl (C=O) groups is 2. The molecule has 9 nitrogen and oxygen atoms in total. The van der Waals surface area contributed by atoms with Gasteiger partial charge in [-0.25, -0.2) is 21.3 Å². The average Bonchev–Trinajstić information content (AvgIpc) is 2.32. The molecule has 0 aromatic rings. The SMILES string of the molecule is NCC(CCCN(N)C(N)=O)CCN(N)C(N)=O. The van der Waals surface area contributed by atoms with Crippen molar-refractivity contribution >= 4 is 12.1 Å². The molecule has 0 aromatic carbocycles. The van der Waals surface area contributed by atoms with Crippen molar-refractivity contribution in [2.75, 3.05) is 19.6 Å². The zero-order valence-corrected chi connectivity index (χ0v) is 10.4. The molecule has 0 aliphatic rings. The maximum absolute atomic E-state index is 10.7. The first kappa shape index (κ1) is 16.4. The minimum atomic E-state index is -0.673. The third kappa shape index (κ3) is 6.89. The molecule has 0 saturated carbocycles. The zero-order chi connectivity index (χ0) is 14.1. The molecule has 0 aromatic heterocycles. The average molecular weight is 261 g/mol. The summed E-state index contributed by atoms with van der Waals surface area (Å²) in [4.78, 5) is 21.4. The largest absolute Gasteiger partial charge is 0.350 e. The van der Waals surface area contributed by atoms with Crippen molar-refractivity contribution in [3.8, 4) is 0 Å². The van der Waals surface area contributed by atoms with Crippen LogP contribution in [-0.4, -0.2) is 41.7 Å². The number of primary amides is 2. The fourth-order valence-electron chi connectivity index (χ4n) is 1.47. The third-order valence-corrected chi connectivity index (χ3v) is 2.69. The Morgan fingerprint density at radius 3 is 1.89 bits per heavy atom. The Bertz CT molecular complexity index is 274. The molecule has 0 spiro atoms. The molecule has 1 unspecified atom stereocenters. The third-order valence-electron chi connectivity index (χ3n) is 2.69. The quantitative estimate of drug-likeness (QED) is 0.197. The Morgan fingerprint density at radius 1 is 0.944 bits per heavy atom. The molecule has 0 heterocycles. The highest BCUT2D eigenvalue weighted by Gasteiger charge is 2.11. The molecule has 0 bridgehead atoms. The fourth-order valence-corrected chi connectivity index (χ4v) is 1.47. The van der Waals surface area contributed by atoms with Gasteiger partial charge in [-0.15, -0.1) is 0 Å². The van der Waals surface area contributed by atoms with E-state index in [-0.39, 0.29) is 5.92 Å². The summed E-state index contributed by atoms with van der Waals surface area (Å²) in [7, 11) is 0. The molecule has 0 radical (unpaired) electrons. The molecule has 9 heteroatoms. The number of nitrogens with zero attached hydrogens (tertiary/aromatic N) is 2. The molecular weight excluding hydrogens is 238 g/mol. The lowest BCUT2D eigenvalue weighted by Gasteiger charge is -2.20. The van der Waals surface area contributed by atoms with Gasteiger partial charge in [0.15, 0.2) is 0 Å². The molecule has 0 aliphatic heterocycles. The van der Waals surface area contributed by atoms with Crippen LogP contribution < -0.4 is 28.9 Å². The Labute approximate surface area is 106 Å². The number of hydrogen-bond donors (Lipinski definition) is 5. The van der Waals surface area contributed by atoms with Crippen LogP contribution >= 0.6 is 0 Å². The standard InChI is InChI=1S/C9H23N7O2/c10-6-7(3-5-16(14)9(12)18)2-1-4-15(13)8(11)17/h7H,1-6,10,13-14H2,(H2,11,17)(H2,12,18). The minimum Gasteiger partial charge on any atom is -0.350 e. The molecule has 1 atom stereocenters. The first-order valence-corrected chi connectivity index (χ1v) is 5.71. The monoisotopic (exact) mass is 261 g/mol. The summed E-state index contributed by atoms with van der Waals surface area (Å²) in [6.45, 7) is 1.18. The van der Waals surface area contributed by atoms with Gasteiger partial charge < -0.3 is 17.2 Å². The van der Waals surface area contributed by atoms with Crippen molar-refractivity contribution < 1.29 is 9.59 Å². The normalized spacial score (nSPS) is 11.9. The predicted molar refractivity (Wildman–Crippen MR) is 67.3 cm³/mol. The van der Waals surface area contributed by atoms with E-state index in [9.17, 15) is 9.59 Å². The summed E-state index contributed by atoms with van der Waals surface area (Å²) in [6.07, 6.45) is 2.10. The Morgan fingerprint density at radius 2 is 1.44 bits per heavy atom. The van der Waals surface area contributed by atoms with Gasteiger partial charge in [0, 0.05) is 13.1 Å². The van der Waals surface area contributed by atoms with Gasteiger partial charge in [0.05, 0.1) is 0 Å². The van der Waals surface area contributed by atoms with Gasteiger partial charge in [-0.1, -0.05) is 0 Å². The van der Waals surface area contributed by atoms with Gasteiger partial charge in [0.1, 0.15) is 0 Å². The number of carbonyl (C=O) groups excluding carboxylic acids is 2. The van der Waals surface area contributed by atoms with Gasteiger partial charge in [-0.05, 0) is 31.7 Å². The van der Waals surface area contributed by atoms with Crippen LogP contribution in [0.5, 0.6) is 0 Å². The van der Waals surface area contributed by atoms with E-state index in [1.165, 1.54) is 0 Å². The van der Waals surface area contributed by atoms with E-state index in [0.29, 0.717) is 32.5 Å². The van der Waals surface area contributed by atoms with Crippen LogP contribution in [-0.2, 0) is 0 Å². The number of hydrogen-bond acceptors (Lipinski definition) is 5. The van der Waals surface area contributed by atoms with Crippen molar-refractivity contribution in [3.05, 3.63) is 0 Å². The maximum atomic E-state index is 10.7. The Kier molecular flexibility index (Phi) is 7.76. The van der Waals surface area contributed by atoms with Gasteiger partial charge in [0.25, 0.3) is 0 Å². The van der Waals surface area contributed by atoms with Gasteiger partial charge >= 0.3 is 12.1 Å². The summed E-state index contributed by atoms with van der Waals surface area (Å²) < 4.78 is 0. The number of hydrazine groups is 2. The number of rotatable bonds is 8. The highest BCUT2D eigenvalue weighted by molar-refractivity contribution is 5.71. The van der Waals surface area contributed by atoms with E-state index in [2.05, 4.69) is 0 Å². The minimum absolute atomic E-state index is 0.191. The van der Waals surface area contributed by atoms with Gasteiger partial charge in [-0.3, -0.25) is 10.0 Å². The second-order valence-electron chi connectivity index (χ2n) is 4.10. The van der Waals surface area contributed by atoms with Crippen LogP contribution in [0.1, 0.15) is 19.3 Å². The molecule has 0 saturated heterocycles. The van der Waals surface area contributed by atoms with Crippen molar-refractivity contribution in [3.63, 3.8) is 0 Å². The van der Waals surface area contributed by atoms with Gasteiger partial charge in [-0.2, -0.15) is 0 Å². The molecule has 18 heavy (non-hydrogen) atoms. The summed E-state index contributed by atoms with van der Waals surface area (Å²) in [5.41, 5.74) is 15.6. The molecular formula is C9H23N7O2. The summed E-state index contributed by atoms with van der Waals surface area (Å²) in [5.74, 6) is 10.9. The van der Waals surface area contributed by atoms with Crippen LogP contribution in [0.3, 0.4) is 0 Å². The molecule has 4 amide bonds. The molecule has 10 N–H and O–H groups in total. The number of nitrogens with two attached hydrogens (primary N) is 5. The van der Waals surface area contributed by atoms with Crippen LogP contribution in [0.4, 0.5) is 9.59 Å². The lowest BCUT2D eigenvalue weighted by atomic mass is 9.99. The van der Waals surface area contributed by atoms with Gasteiger partial charge in [0.2, 0.25) is 0 Å². The Hall–Kier alpha value is -1.58. The van der Waals surface area contributed by atoms with Crippen molar-refractivity contribution in [1.82, 2.24) is 10.0 Å². The van der Waals surface area contributed by atoms with E-state index in [4.69, 9.17) is 28.9 Å². The summed E-state index contributed by atoms with van der Waals surface area (Å²) >= 11 is 0. The molecule has 0 rings (SSSR count). The maximum Gasteiger partial charge on any atom is 0.328 e. The first-order valence-electron chi connectivity index (χ1n) is 5.71.